The lowest BCUT2D eigenvalue weighted by molar-refractivity contribution is 0.336. The number of rotatable bonds is 6. The predicted molar refractivity (Wildman–Crippen MR) is 87.1 cm³/mol. The molecule has 1 aromatic heterocycles. The second-order valence-corrected chi connectivity index (χ2v) is 6.39. The number of hydrogen-bond donors (Lipinski definition) is 1. The van der Waals surface area contributed by atoms with E-state index in [4.69, 9.17) is 0 Å². The van der Waals surface area contributed by atoms with Crippen molar-refractivity contribution in [2.45, 2.75) is 19.4 Å². The summed E-state index contributed by atoms with van der Waals surface area (Å²) in [6, 6.07) is 12.9. The minimum absolute atomic E-state index is 0.991. The Balaban J connectivity index is 1.45. The van der Waals surface area contributed by atoms with Crippen LogP contribution in [0, 0.1) is 0 Å². The van der Waals surface area contributed by atoms with E-state index in [2.05, 4.69) is 52.0 Å². The molecular weight excluding hydrogens is 264 g/mol. The van der Waals surface area contributed by atoms with Crippen molar-refractivity contribution < 1.29 is 0 Å². The zero-order valence-corrected chi connectivity index (χ0v) is 12.7. The standard InChI is InChI=1S/C17H22N2S/c1-2-6-15(7-3-1)16-12-17(20-14-16)13-18-8-11-19-9-4-5-10-19/h1-3,6-7,12,14,18H,4-5,8-11,13H2. The van der Waals surface area contributed by atoms with E-state index in [1.807, 2.05) is 11.3 Å². The molecule has 0 atom stereocenters. The van der Waals surface area contributed by atoms with E-state index in [1.165, 1.54) is 48.5 Å². The summed E-state index contributed by atoms with van der Waals surface area (Å²) in [5.41, 5.74) is 2.65. The molecule has 106 valence electrons. The molecule has 0 amide bonds. The van der Waals surface area contributed by atoms with Gasteiger partial charge in [-0.05, 0) is 48.5 Å². The van der Waals surface area contributed by atoms with Gasteiger partial charge in [-0.25, -0.2) is 0 Å². The van der Waals surface area contributed by atoms with Crippen molar-refractivity contribution in [3.8, 4) is 11.1 Å². The molecule has 0 aliphatic carbocycles. The third-order valence-corrected chi connectivity index (χ3v) is 4.80. The molecule has 0 saturated carbocycles. The quantitative estimate of drug-likeness (QED) is 0.816. The highest BCUT2D eigenvalue weighted by atomic mass is 32.1. The molecule has 0 bridgehead atoms. The van der Waals surface area contributed by atoms with Gasteiger partial charge in [0, 0.05) is 24.5 Å². The molecule has 1 aliphatic heterocycles. The highest BCUT2D eigenvalue weighted by molar-refractivity contribution is 7.10. The zero-order valence-electron chi connectivity index (χ0n) is 11.8. The van der Waals surface area contributed by atoms with Gasteiger partial charge in [-0.1, -0.05) is 30.3 Å². The van der Waals surface area contributed by atoms with Crippen LogP contribution < -0.4 is 5.32 Å². The van der Waals surface area contributed by atoms with E-state index in [9.17, 15) is 0 Å². The molecule has 2 aromatic rings. The maximum atomic E-state index is 3.56. The maximum absolute atomic E-state index is 3.56. The summed E-state index contributed by atoms with van der Waals surface area (Å²) in [5.74, 6) is 0. The number of thiophene rings is 1. The van der Waals surface area contributed by atoms with Crippen molar-refractivity contribution in [2.24, 2.45) is 0 Å². The molecular formula is C17H22N2S. The molecule has 0 unspecified atom stereocenters. The van der Waals surface area contributed by atoms with Gasteiger partial charge >= 0.3 is 0 Å². The maximum Gasteiger partial charge on any atom is 0.0300 e. The lowest BCUT2D eigenvalue weighted by Crippen LogP contribution is -2.29. The average Bonchev–Trinajstić information content (AvgIpc) is 3.16. The van der Waals surface area contributed by atoms with Crippen molar-refractivity contribution in [3.05, 3.63) is 46.7 Å². The summed E-state index contributed by atoms with van der Waals surface area (Å²) in [7, 11) is 0. The Morgan fingerprint density at radius 3 is 2.65 bits per heavy atom. The van der Waals surface area contributed by atoms with Crippen LogP contribution in [0.4, 0.5) is 0 Å². The van der Waals surface area contributed by atoms with E-state index >= 15 is 0 Å². The first-order valence-electron chi connectivity index (χ1n) is 7.48. The fraction of sp³-hybridized carbons (Fsp3) is 0.412. The van der Waals surface area contributed by atoms with Crippen molar-refractivity contribution >= 4 is 11.3 Å². The summed E-state index contributed by atoms with van der Waals surface area (Å²) in [5, 5.41) is 5.82. The van der Waals surface area contributed by atoms with Crippen molar-refractivity contribution in [1.29, 1.82) is 0 Å². The Labute approximate surface area is 125 Å². The van der Waals surface area contributed by atoms with Crippen LogP contribution in [0.2, 0.25) is 0 Å². The smallest absolute Gasteiger partial charge is 0.0300 e. The molecule has 0 radical (unpaired) electrons. The molecule has 0 spiro atoms. The number of likely N-dealkylation sites (tertiary alicyclic amines) is 1. The summed E-state index contributed by atoms with van der Waals surface area (Å²) < 4.78 is 0. The van der Waals surface area contributed by atoms with Gasteiger partial charge in [0.15, 0.2) is 0 Å². The molecule has 3 heteroatoms. The normalized spacial score (nSPS) is 15.8. The number of benzene rings is 1. The van der Waals surface area contributed by atoms with Crippen LogP contribution in [0.5, 0.6) is 0 Å². The van der Waals surface area contributed by atoms with Crippen LogP contribution in [0.1, 0.15) is 17.7 Å². The van der Waals surface area contributed by atoms with E-state index in [0.29, 0.717) is 0 Å². The summed E-state index contributed by atoms with van der Waals surface area (Å²) >= 11 is 1.85. The lowest BCUT2D eigenvalue weighted by atomic mass is 10.1. The summed E-state index contributed by atoms with van der Waals surface area (Å²) in [6.07, 6.45) is 2.76. The zero-order chi connectivity index (χ0) is 13.6. The fourth-order valence-corrected chi connectivity index (χ4v) is 3.57. The molecule has 20 heavy (non-hydrogen) atoms. The Kier molecular flexibility index (Phi) is 4.85. The van der Waals surface area contributed by atoms with Crippen molar-refractivity contribution in [1.82, 2.24) is 10.2 Å². The van der Waals surface area contributed by atoms with Crippen LogP contribution in [-0.2, 0) is 6.54 Å². The summed E-state index contributed by atoms with van der Waals surface area (Å²) in [4.78, 5) is 3.97. The largest absolute Gasteiger partial charge is 0.311 e. The summed E-state index contributed by atoms with van der Waals surface area (Å²) in [6.45, 7) is 5.86. The van der Waals surface area contributed by atoms with Gasteiger partial charge in [0.1, 0.15) is 0 Å². The molecule has 1 aromatic carbocycles. The third-order valence-electron chi connectivity index (χ3n) is 3.86. The lowest BCUT2D eigenvalue weighted by Gasteiger charge is -2.14. The monoisotopic (exact) mass is 286 g/mol. The van der Waals surface area contributed by atoms with E-state index in [0.717, 1.165) is 13.1 Å². The first-order chi connectivity index (χ1) is 9.92. The Bertz CT molecular complexity index is 515. The molecule has 1 fully saturated rings. The topological polar surface area (TPSA) is 15.3 Å². The fourth-order valence-electron chi connectivity index (χ4n) is 2.71. The first-order valence-corrected chi connectivity index (χ1v) is 8.36. The van der Waals surface area contributed by atoms with Gasteiger partial charge in [-0.2, -0.15) is 0 Å². The van der Waals surface area contributed by atoms with Crippen LogP contribution in [0.15, 0.2) is 41.8 Å². The first kappa shape index (κ1) is 13.8. The van der Waals surface area contributed by atoms with Gasteiger partial charge in [0.25, 0.3) is 0 Å². The van der Waals surface area contributed by atoms with Gasteiger partial charge in [0.2, 0.25) is 0 Å². The van der Waals surface area contributed by atoms with Gasteiger partial charge in [-0.3, -0.25) is 0 Å². The Hall–Kier alpha value is -1.16. The Morgan fingerprint density at radius 2 is 1.85 bits per heavy atom. The van der Waals surface area contributed by atoms with Gasteiger partial charge in [0.05, 0.1) is 0 Å². The van der Waals surface area contributed by atoms with E-state index in [1.54, 1.807) is 0 Å². The number of nitrogens with one attached hydrogen (secondary N) is 1. The minimum atomic E-state index is 0.991. The van der Waals surface area contributed by atoms with Crippen molar-refractivity contribution in [3.63, 3.8) is 0 Å². The van der Waals surface area contributed by atoms with Crippen molar-refractivity contribution in [2.75, 3.05) is 26.2 Å². The average molecular weight is 286 g/mol. The molecule has 1 saturated heterocycles. The molecule has 2 nitrogen and oxygen atoms in total. The SMILES string of the molecule is c1ccc(-c2csc(CNCCN3CCCC3)c2)cc1. The second kappa shape index (κ2) is 7.02. The minimum Gasteiger partial charge on any atom is -0.311 e. The van der Waals surface area contributed by atoms with E-state index in [-0.39, 0.29) is 0 Å². The van der Waals surface area contributed by atoms with Crippen LogP contribution >= 0.6 is 11.3 Å². The van der Waals surface area contributed by atoms with Gasteiger partial charge < -0.3 is 10.2 Å². The second-order valence-electron chi connectivity index (χ2n) is 5.39. The van der Waals surface area contributed by atoms with Crippen LogP contribution in [0.25, 0.3) is 11.1 Å². The number of hydrogen-bond acceptors (Lipinski definition) is 3. The molecule has 1 aliphatic rings. The van der Waals surface area contributed by atoms with Gasteiger partial charge in [-0.15, -0.1) is 11.3 Å². The molecule has 1 N–H and O–H groups in total. The molecule has 2 heterocycles. The predicted octanol–water partition coefficient (Wildman–Crippen LogP) is 3.60. The van der Waals surface area contributed by atoms with E-state index < -0.39 is 0 Å². The highest BCUT2D eigenvalue weighted by Crippen LogP contribution is 2.25. The Morgan fingerprint density at radius 1 is 1.05 bits per heavy atom. The third kappa shape index (κ3) is 3.69. The molecule has 3 rings (SSSR count). The highest BCUT2D eigenvalue weighted by Gasteiger charge is 2.10. The van der Waals surface area contributed by atoms with Crippen LogP contribution in [0.3, 0.4) is 0 Å². The van der Waals surface area contributed by atoms with Crippen LogP contribution in [-0.4, -0.2) is 31.1 Å². The number of nitrogens with zero attached hydrogens (tertiary/aromatic N) is 1.